The Morgan fingerprint density at radius 1 is 1.27 bits per heavy atom. The summed E-state index contributed by atoms with van der Waals surface area (Å²) in [6, 6.07) is 4.67. The van der Waals surface area contributed by atoms with E-state index in [2.05, 4.69) is 10.3 Å². The Morgan fingerprint density at radius 2 is 2.09 bits per heavy atom. The molecule has 2 aromatic rings. The van der Waals surface area contributed by atoms with Gasteiger partial charge in [-0.1, -0.05) is 0 Å². The predicted molar refractivity (Wildman–Crippen MR) is 83.0 cm³/mol. The number of imide groups is 1. The van der Waals surface area contributed by atoms with Crippen LogP contribution in [0.3, 0.4) is 0 Å². The van der Waals surface area contributed by atoms with Gasteiger partial charge in [-0.25, -0.2) is 14.7 Å². The number of ether oxygens (including phenoxy) is 1. The first-order valence-corrected chi connectivity index (χ1v) is 8.17. The molecule has 7 heteroatoms. The lowest BCUT2D eigenvalue weighted by Gasteiger charge is -2.25. The molecule has 3 amide bonds. The van der Waals surface area contributed by atoms with Crippen LogP contribution in [0.15, 0.2) is 23.7 Å². The van der Waals surface area contributed by atoms with E-state index in [0.29, 0.717) is 18.9 Å². The van der Waals surface area contributed by atoms with Crippen molar-refractivity contribution in [3.8, 4) is 0 Å². The van der Waals surface area contributed by atoms with Crippen LogP contribution in [0.25, 0.3) is 10.2 Å². The fourth-order valence-electron chi connectivity index (χ4n) is 3.09. The van der Waals surface area contributed by atoms with Crippen LogP contribution in [0.2, 0.25) is 0 Å². The third-order valence-electron chi connectivity index (χ3n) is 4.28. The topological polar surface area (TPSA) is 71.5 Å². The Hall–Kier alpha value is -1.99. The minimum Gasteiger partial charge on any atom is -0.381 e. The van der Waals surface area contributed by atoms with Crippen LogP contribution in [0.5, 0.6) is 0 Å². The smallest absolute Gasteiger partial charge is 0.329 e. The minimum absolute atomic E-state index is 0.155. The first kappa shape index (κ1) is 13.7. The Kier molecular flexibility index (Phi) is 3.31. The van der Waals surface area contributed by atoms with Gasteiger partial charge in [-0.2, -0.15) is 0 Å². The van der Waals surface area contributed by atoms with E-state index in [1.165, 1.54) is 16.2 Å². The van der Waals surface area contributed by atoms with Gasteiger partial charge in [0.2, 0.25) is 0 Å². The highest BCUT2D eigenvalue weighted by Gasteiger charge is 2.43. The van der Waals surface area contributed by atoms with Crippen molar-refractivity contribution in [1.82, 2.24) is 10.3 Å². The lowest BCUT2D eigenvalue weighted by Crippen LogP contribution is -2.40. The first-order valence-electron chi connectivity index (χ1n) is 7.29. The maximum Gasteiger partial charge on any atom is 0.329 e. The van der Waals surface area contributed by atoms with Gasteiger partial charge in [0, 0.05) is 13.2 Å². The van der Waals surface area contributed by atoms with Gasteiger partial charge in [-0.3, -0.25) is 4.79 Å². The molecule has 114 valence electrons. The van der Waals surface area contributed by atoms with Gasteiger partial charge >= 0.3 is 6.03 Å². The summed E-state index contributed by atoms with van der Waals surface area (Å²) in [7, 11) is 0. The predicted octanol–water partition coefficient (Wildman–Crippen LogP) is 2.15. The summed E-state index contributed by atoms with van der Waals surface area (Å²) in [5.74, 6) is -0.0110. The third kappa shape index (κ3) is 2.17. The summed E-state index contributed by atoms with van der Waals surface area (Å²) < 4.78 is 6.29. The number of rotatable bonds is 2. The molecule has 3 heterocycles. The number of benzene rings is 1. The van der Waals surface area contributed by atoms with Crippen LogP contribution in [0.1, 0.15) is 12.8 Å². The number of urea groups is 1. The van der Waals surface area contributed by atoms with E-state index >= 15 is 0 Å². The standard InChI is InChI=1S/C15H15N3O3S/c19-14-13(9-3-5-21-6-4-9)17-15(20)18(14)10-1-2-11-12(7-10)22-8-16-11/h1-2,7-9,13H,3-6H2,(H,17,20). The van der Waals surface area contributed by atoms with Crippen molar-refractivity contribution >= 4 is 39.2 Å². The molecule has 0 saturated carbocycles. The molecule has 1 unspecified atom stereocenters. The van der Waals surface area contributed by atoms with Crippen molar-refractivity contribution in [2.24, 2.45) is 5.92 Å². The van der Waals surface area contributed by atoms with Crippen molar-refractivity contribution in [1.29, 1.82) is 0 Å². The van der Waals surface area contributed by atoms with E-state index in [4.69, 9.17) is 4.74 Å². The molecule has 4 rings (SSSR count). The largest absolute Gasteiger partial charge is 0.381 e. The lowest BCUT2D eigenvalue weighted by molar-refractivity contribution is -0.120. The van der Waals surface area contributed by atoms with E-state index in [9.17, 15) is 9.59 Å². The molecule has 2 fully saturated rings. The highest BCUT2D eigenvalue weighted by atomic mass is 32.1. The molecule has 6 nitrogen and oxygen atoms in total. The van der Waals surface area contributed by atoms with Gasteiger partial charge in [-0.15, -0.1) is 11.3 Å². The van der Waals surface area contributed by atoms with E-state index in [-0.39, 0.29) is 17.9 Å². The van der Waals surface area contributed by atoms with Gasteiger partial charge < -0.3 is 10.1 Å². The number of amides is 3. The van der Waals surface area contributed by atoms with Gasteiger partial charge in [0.05, 0.1) is 21.4 Å². The zero-order chi connectivity index (χ0) is 15.1. The van der Waals surface area contributed by atoms with Crippen molar-refractivity contribution in [2.75, 3.05) is 18.1 Å². The average molecular weight is 317 g/mol. The van der Waals surface area contributed by atoms with Gasteiger partial charge in [-0.05, 0) is 37.0 Å². The monoisotopic (exact) mass is 317 g/mol. The number of hydrogen-bond donors (Lipinski definition) is 1. The zero-order valence-electron chi connectivity index (χ0n) is 11.8. The van der Waals surface area contributed by atoms with Crippen LogP contribution >= 0.6 is 11.3 Å². The van der Waals surface area contributed by atoms with E-state index < -0.39 is 6.04 Å². The van der Waals surface area contributed by atoms with Crippen LogP contribution in [-0.4, -0.2) is 36.2 Å². The second-order valence-corrected chi connectivity index (χ2v) is 6.44. The number of anilines is 1. The Balaban J connectivity index is 1.63. The van der Waals surface area contributed by atoms with Crippen molar-refractivity contribution in [2.45, 2.75) is 18.9 Å². The van der Waals surface area contributed by atoms with Gasteiger partial charge in [0.15, 0.2) is 0 Å². The van der Waals surface area contributed by atoms with Crippen LogP contribution in [-0.2, 0) is 9.53 Å². The number of aromatic nitrogens is 1. The van der Waals surface area contributed by atoms with E-state index in [1.54, 1.807) is 11.6 Å². The van der Waals surface area contributed by atoms with E-state index in [0.717, 1.165) is 23.1 Å². The molecule has 22 heavy (non-hydrogen) atoms. The molecular formula is C15H15N3O3S. The molecule has 1 N–H and O–H groups in total. The quantitative estimate of drug-likeness (QED) is 0.862. The molecule has 2 aliphatic rings. The summed E-state index contributed by atoms with van der Waals surface area (Å²) in [5, 5.41) is 2.83. The molecule has 1 aromatic heterocycles. The zero-order valence-corrected chi connectivity index (χ0v) is 12.6. The molecule has 2 saturated heterocycles. The summed E-state index contributed by atoms with van der Waals surface area (Å²) in [5.41, 5.74) is 3.24. The Bertz CT molecular complexity index is 738. The maximum absolute atomic E-state index is 12.7. The van der Waals surface area contributed by atoms with Gasteiger partial charge in [0.1, 0.15) is 6.04 Å². The normalized spacial score (nSPS) is 23.3. The highest BCUT2D eigenvalue weighted by Crippen LogP contribution is 2.30. The second kappa shape index (κ2) is 5.33. The molecule has 0 spiro atoms. The number of fused-ring (bicyclic) bond motifs is 1. The fourth-order valence-corrected chi connectivity index (χ4v) is 3.80. The summed E-state index contributed by atoms with van der Waals surface area (Å²) in [6.07, 6.45) is 1.61. The van der Waals surface area contributed by atoms with Crippen LogP contribution in [0, 0.1) is 5.92 Å². The molecule has 2 aliphatic heterocycles. The molecule has 0 aliphatic carbocycles. The Morgan fingerprint density at radius 3 is 2.91 bits per heavy atom. The molecule has 1 atom stereocenters. The SMILES string of the molecule is O=C1NC(C2CCOCC2)C(=O)N1c1ccc2ncsc2c1. The molecular weight excluding hydrogens is 302 g/mol. The fraction of sp³-hybridized carbons (Fsp3) is 0.400. The number of thiazole rings is 1. The van der Waals surface area contributed by atoms with Crippen molar-refractivity contribution in [3.63, 3.8) is 0 Å². The number of hydrogen-bond acceptors (Lipinski definition) is 5. The minimum atomic E-state index is -0.437. The van der Waals surface area contributed by atoms with Crippen molar-refractivity contribution in [3.05, 3.63) is 23.7 Å². The van der Waals surface area contributed by atoms with Crippen LogP contribution < -0.4 is 10.2 Å². The maximum atomic E-state index is 12.7. The highest BCUT2D eigenvalue weighted by molar-refractivity contribution is 7.16. The lowest BCUT2D eigenvalue weighted by atomic mass is 9.92. The van der Waals surface area contributed by atoms with Crippen LogP contribution in [0.4, 0.5) is 10.5 Å². The average Bonchev–Trinajstić information content (AvgIpc) is 3.12. The van der Waals surface area contributed by atoms with Crippen molar-refractivity contribution < 1.29 is 14.3 Å². The first-order chi connectivity index (χ1) is 10.7. The number of carbonyl (C=O) groups excluding carboxylic acids is 2. The molecule has 1 aromatic carbocycles. The third-order valence-corrected chi connectivity index (χ3v) is 5.07. The molecule has 0 bridgehead atoms. The van der Waals surface area contributed by atoms with Gasteiger partial charge in [0.25, 0.3) is 5.91 Å². The number of carbonyl (C=O) groups is 2. The summed E-state index contributed by atoms with van der Waals surface area (Å²) in [6.45, 7) is 1.30. The Labute approximate surface area is 131 Å². The summed E-state index contributed by atoms with van der Waals surface area (Å²) in [4.78, 5) is 30.4. The second-order valence-electron chi connectivity index (χ2n) is 5.55. The molecule has 0 radical (unpaired) electrons. The summed E-state index contributed by atoms with van der Waals surface area (Å²) >= 11 is 1.49. The number of nitrogens with one attached hydrogen (secondary N) is 1. The van der Waals surface area contributed by atoms with E-state index in [1.807, 2.05) is 12.1 Å². The number of nitrogens with zero attached hydrogens (tertiary/aromatic N) is 2.